The summed E-state index contributed by atoms with van der Waals surface area (Å²) in [4.78, 5) is 3.76. The van der Waals surface area contributed by atoms with E-state index >= 15 is 0 Å². The molecule has 0 atom stereocenters. The van der Waals surface area contributed by atoms with Crippen molar-refractivity contribution in [3.63, 3.8) is 0 Å². The zero-order chi connectivity index (χ0) is 10.7. The van der Waals surface area contributed by atoms with Gasteiger partial charge in [0, 0.05) is 17.3 Å². The first-order valence-corrected chi connectivity index (χ1v) is 7.45. The lowest BCUT2D eigenvalue weighted by molar-refractivity contribution is 0.804. The number of aryl methyl sites for hydroxylation is 1. The Morgan fingerprint density at radius 3 is 3.07 bits per heavy atom. The van der Waals surface area contributed by atoms with Gasteiger partial charge >= 0.3 is 0 Å². The van der Waals surface area contributed by atoms with Crippen molar-refractivity contribution < 1.29 is 0 Å². The molecule has 1 aromatic carbocycles. The van der Waals surface area contributed by atoms with E-state index in [-0.39, 0.29) is 0 Å². The fraction of sp³-hybridized carbons (Fsp3) is 0.500. The third kappa shape index (κ3) is 2.70. The van der Waals surface area contributed by atoms with Crippen molar-refractivity contribution in [3.05, 3.63) is 23.8 Å². The van der Waals surface area contributed by atoms with Crippen LogP contribution in [-0.4, -0.2) is 18.3 Å². The van der Waals surface area contributed by atoms with E-state index in [4.69, 9.17) is 0 Å². The minimum atomic E-state index is 1.10. The molecule has 1 aliphatic heterocycles. The van der Waals surface area contributed by atoms with Crippen LogP contribution in [0.2, 0.25) is 0 Å². The summed E-state index contributed by atoms with van der Waals surface area (Å²) in [6.45, 7) is 0. The molecule has 0 spiro atoms. The van der Waals surface area contributed by atoms with Gasteiger partial charge < -0.3 is 4.90 Å². The van der Waals surface area contributed by atoms with Gasteiger partial charge in [0.2, 0.25) is 0 Å². The van der Waals surface area contributed by atoms with Crippen molar-refractivity contribution in [1.82, 2.24) is 0 Å². The average Bonchev–Trinajstić information content (AvgIpc) is 2.61. The minimum Gasteiger partial charge on any atom is -0.364 e. The second-order valence-corrected chi connectivity index (χ2v) is 5.70. The number of hydrogen-bond acceptors (Lipinski definition) is 2. The summed E-state index contributed by atoms with van der Waals surface area (Å²) in [5, 5.41) is 1.12. The van der Waals surface area contributed by atoms with Crippen LogP contribution in [0.1, 0.15) is 18.4 Å². The maximum atomic E-state index is 3.47. The molecular formula is C12H16BrNS. The maximum Gasteiger partial charge on any atom is 0.0683 e. The van der Waals surface area contributed by atoms with Crippen molar-refractivity contribution in [1.29, 1.82) is 0 Å². The Bertz CT molecular complexity index is 340. The summed E-state index contributed by atoms with van der Waals surface area (Å²) in [6.07, 6.45) is 3.76. The molecular weight excluding hydrogens is 270 g/mol. The van der Waals surface area contributed by atoms with E-state index in [2.05, 4.69) is 46.1 Å². The normalized spacial score (nSPS) is 14.4. The first-order chi connectivity index (χ1) is 7.31. The Labute approximate surface area is 104 Å². The molecule has 1 heterocycles. The molecule has 82 valence electrons. The molecule has 0 unspecified atom stereocenters. The lowest BCUT2D eigenvalue weighted by Gasteiger charge is -2.10. The van der Waals surface area contributed by atoms with E-state index in [0.717, 1.165) is 11.2 Å². The number of rotatable bonds is 4. The highest BCUT2D eigenvalue weighted by atomic mass is 79.9. The Balaban J connectivity index is 2.03. The molecule has 0 aliphatic carbocycles. The number of unbranched alkanes of at least 4 members (excludes halogenated alkanes) is 1. The summed E-state index contributed by atoms with van der Waals surface area (Å²) in [7, 11) is 2.16. The fourth-order valence-electron chi connectivity index (χ4n) is 1.80. The molecule has 0 radical (unpaired) electrons. The predicted octanol–water partition coefficient (Wildman–Crippen LogP) is 3.90. The molecule has 0 aromatic heterocycles. The van der Waals surface area contributed by atoms with E-state index in [0.29, 0.717) is 0 Å². The number of halogens is 1. The number of nitrogens with zero attached hydrogens (tertiary/aromatic N) is 1. The number of fused-ring (bicyclic) bond motifs is 1. The molecule has 15 heavy (non-hydrogen) atoms. The largest absolute Gasteiger partial charge is 0.364 e. The summed E-state index contributed by atoms with van der Waals surface area (Å²) >= 11 is 5.42. The quantitative estimate of drug-likeness (QED) is 0.610. The van der Waals surface area contributed by atoms with Crippen LogP contribution in [0.15, 0.2) is 23.1 Å². The Kier molecular flexibility index (Phi) is 3.98. The van der Waals surface area contributed by atoms with Gasteiger partial charge in [-0.25, -0.2) is 0 Å². The molecule has 0 N–H and O–H groups in total. The third-order valence-corrected chi connectivity index (χ3v) is 4.41. The van der Waals surface area contributed by atoms with Crippen molar-refractivity contribution in [2.45, 2.75) is 24.2 Å². The predicted molar refractivity (Wildman–Crippen MR) is 72.3 cm³/mol. The highest BCUT2D eigenvalue weighted by Crippen LogP contribution is 2.37. The van der Waals surface area contributed by atoms with E-state index in [1.807, 2.05) is 11.8 Å². The lowest BCUT2D eigenvalue weighted by Crippen LogP contribution is -2.10. The van der Waals surface area contributed by atoms with Crippen molar-refractivity contribution in [3.8, 4) is 0 Å². The van der Waals surface area contributed by atoms with E-state index in [9.17, 15) is 0 Å². The maximum absolute atomic E-state index is 3.47. The second kappa shape index (κ2) is 5.26. The summed E-state index contributed by atoms with van der Waals surface area (Å²) in [6, 6.07) is 6.89. The van der Waals surface area contributed by atoms with Crippen LogP contribution in [0.5, 0.6) is 0 Å². The molecule has 2 rings (SSSR count). The Morgan fingerprint density at radius 2 is 2.27 bits per heavy atom. The van der Waals surface area contributed by atoms with Crippen LogP contribution < -0.4 is 4.90 Å². The molecule has 0 bridgehead atoms. The van der Waals surface area contributed by atoms with Crippen LogP contribution in [0.4, 0.5) is 5.69 Å². The van der Waals surface area contributed by atoms with Gasteiger partial charge in [-0.05, 0) is 37.0 Å². The first-order valence-electron chi connectivity index (χ1n) is 5.34. The van der Waals surface area contributed by atoms with Gasteiger partial charge in [0.1, 0.15) is 0 Å². The molecule has 3 heteroatoms. The smallest absolute Gasteiger partial charge is 0.0683 e. The highest BCUT2D eigenvalue weighted by molar-refractivity contribution is 9.09. The van der Waals surface area contributed by atoms with Crippen LogP contribution >= 0.6 is 27.7 Å². The number of alkyl halides is 1. The second-order valence-electron chi connectivity index (χ2n) is 3.92. The fourth-order valence-corrected chi connectivity index (χ4v) is 3.28. The topological polar surface area (TPSA) is 3.24 Å². The third-order valence-electron chi connectivity index (χ3n) is 2.70. The zero-order valence-corrected chi connectivity index (χ0v) is 11.4. The van der Waals surface area contributed by atoms with Crippen LogP contribution in [-0.2, 0) is 6.42 Å². The van der Waals surface area contributed by atoms with Gasteiger partial charge in [0.15, 0.2) is 0 Å². The summed E-state index contributed by atoms with van der Waals surface area (Å²) in [5.74, 6) is 1.10. The van der Waals surface area contributed by atoms with Crippen LogP contribution in [0.25, 0.3) is 0 Å². The van der Waals surface area contributed by atoms with Crippen molar-refractivity contribution in [2.24, 2.45) is 0 Å². The summed E-state index contributed by atoms with van der Waals surface area (Å²) < 4.78 is 0. The van der Waals surface area contributed by atoms with Gasteiger partial charge in [0.25, 0.3) is 0 Å². The van der Waals surface area contributed by atoms with Gasteiger partial charge in [0.05, 0.1) is 11.6 Å². The molecule has 1 aromatic rings. The molecule has 1 nitrogen and oxygen atoms in total. The van der Waals surface area contributed by atoms with E-state index in [1.54, 1.807) is 0 Å². The molecule has 0 saturated carbocycles. The van der Waals surface area contributed by atoms with Crippen molar-refractivity contribution in [2.75, 3.05) is 23.2 Å². The Hall–Kier alpha value is -0.150. The van der Waals surface area contributed by atoms with Gasteiger partial charge in [-0.15, -0.1) is 11.8 Å². The lowest BCUT2D eigenvalue weighted by atomic mass is 10.1. The zero-order valence-electron chi connectivity index (χ0n) is 9.00. The Morgan fingerprint density at radius 1 is 1.40 bits per heavy atom. The van der Waals surface area contributed by atoms with E-state index < -0.39 is 0 Å². The standard InChI is InChI=1S/C12H16BrNS/c1-14-9-15-12-8-10(4-2-3-7-13)5-6-11(12)14/h5-6,8H,2-4,7,9H2,1H3. The van der Waals surface area contributed by atoms with Gasteiger partial charge in [-0.3, -0.25) is 0 Å². The average molecular weight is 286 g/mol. The molecule has 0 amide bonds. The SMILES string of the molecule is CN1CSc2cc(CCCCBr)ccc21. The van der Waals surface area contributed by atoms with Gasteiger partial charge in [-0.2, -0.15) is 0 Å². The monoisotopic (exact) mass is 285 g/mol. The number of benzene rings is 1. The first kappa shape index (κ1) is 11.3. The molecule has 0 fully saturated rings. The van der Waals surface area contributed by atoms with E-state index in [1.165, 1.54) is 35.4 Å². The molecule has 0 saturated heterocycles. The number of thioether (sulfide) groups is 1. The van der Waals surface area contributed by atoms with Crippen LogP contribution in [0.3, 0.4) is 0 Å². The van der Waals surface area contributed by atoms with Crippen molar-refractivity contribution >= 4 is 33.4 Å². The highest BCUT2D eigenvalue weighted by Gasteiger charge is 2.15. The number of hydrogen-bond donors (Lipinski definition) is 0. The van der Waals surface area contributed by atoms with Gasteiger partial charge in [-0.1, -0.05) is 22.0 Å². The molecule has 1 aliphatic rings. The minimum absolute atomic E-state index is 1.10. The van der Waals surface area contributed by atoms with Crippen LogP contribution in [0, 0.1) is 0 Å². The summed E-state index contributed by atoms with van der Waals surface area (Å²) in [5.41, 5.74) is 2.88. The number of anilines is 1.